The zero-order valence-electron chi connectivity index (χ0n) is 9.49. The lowest BCUT2D eigenvalue weighted by Gasteiger charge is -2.08. The van der Waals surface area contributed by atoms with E-state index in [2.05, 4.69) is 10.2 Å². The first-order chi connectivity index (χ1) is 8.82. The van der Waals surface area contributed by atoms with Gasteiger partial charge < -0.3 is 9.52 Å². The number of nitrogens with zero attached hydrogens (tertiary/aromatic N) is 2. The van der Waals surface area contributed by atoms with Gasteiger partial charge in [-0.2, -0.15) is 0 Å². The van der Waals surface area contributed by atoms with Crippen molar-refractivity contribution in [3.63, 3.8) is 0 Å². The maximum Gasteiger partial charge on any atom is 0.337 e. The van der Waals surface area contributed by atoms with Crippen molar-refractivity contribution in [3.05, 3.63) is 29.1 Å². The average Bonchev–Trinajstić information content (AvgIpc) is 2.79. The molecule has 9 heteroatoms. The summed E-state index contributed by atoms with van der Waals surface area (Å²) in [7, 11) is -3.63. The zero-order chi connectivity index (χ0) is 14.2. The summed E-state index contributed by atoms with van der Waals surface area (Å²) in [6.07, 6.45) is 1.96. The smallest absolute Gasteiger partial charge is 0.337 e. The number of carboxylic acids is 1. The number of halogens is 1. The molecule has 0 amide bonds. The predicted molar refractivity (Wildman–Crippen MR) is 64.8 cm³/mol. The van der Waals surface area contributed by atoms with E-state index in [9.17, 15) is 13.2 Å². The van der Waals surface area contributed by atoms with Gasteiger partial charge in [-0.1, -0.05) is 11.6 Å². The monoisotopic (exact) mass is 302 g/mol. The Morgan fingerprint density at radius 2 is 2.11 bits per heavy atom. The first-order valence-corrected chi connectivity index (χ1v) is 7.11. The van der Waals surface area contributed by atoms with Gasteiger partial charge in [0.25, 0.3) is 0 Å². The summed E-state index contributed by atoms with van der Waals surface area (Å²) in [6, 6.07) is 2.26. The van der Waals surface area contributed by atoms with Gasteiger partial charge in [0.1, 0.15) is 0 Å². The van der Waals surface area contributed by atoms with E-state index in [1.165, 1.54) is 0 Å². The molecule has 1 aromatic heterocycles. The molecule has 100 valence electrons. The zero-order valence-corrected chi connectivity index (χ0v) is 11.1. The van der Waals surface area contributed by atoms with Crippen molar-refractivity contribution in [3.8, 4) is 11.5 Å². The molecule has 0 fully saturated rings. The number of hydrogen-bond donors (Lipinski definition) is 1. The van der Waals surface area contributed by atoms with Gasteiger partial charge in [0.15, 0.2) is 9.84 Å². The third-order valence-electron chi connectivity index (χ3n) is 2.31. The molecular formula is C10H7ClN2O5S. The lowest BCUT2D eigenvalue weighted by Crippen LogP contribution is -2.05. The van der Waals surface area contributed by atoms with Crippen molar-refractivity contribution in [2.45, 2.75) is 4.90 Å². The fraction of sp³-hybridized carbons (Fsp3) is 0.100. The van der Waals surface area contributed by atoms with E-state index in [0.717, 1.165) is 24.8 Å². The Morgan fingerprint density at radius 3 is 2.58 bits per heavy atom. The highest BCUT2D eigenvalue weighted by molar-refractivity contribution is 7.90. The van der Waals surface area contributed by atoms with Crippen molar-refractivity contribution in [1.29, 1.82) is 0 Å². The lowest BCUT2D eigenvalue weighted by molar-refractivity contribution is 0.0697. The van der Waals surface area contributed by atoms with Crippen LogP contribution in [0.4, 0.5) is 0 Å². The fourth-order valence-electron chi connectivity index (χ4n) is 1.51. The molecule has 0 saturated carbocycles. The summed E-state index contributed by atoms with van der Waals surface area (Å²) < 4.78 is 28.3. The molecule has 1 N–H and O–H groups in total. The van der Waals surface area contributed by atoms with Crippen LogP contribution in [0.2, 0.25) is 5.02 Å². The SMILES string of the molecule is CS(=O)(=O)c1ccc(C(=O)O)c(Cl)c1-c1nnco1. The molecular weight excluding hydrogens is 296 g/mol. The quantitative estimate of drug-likeness (QED) is 0.914. The van der Waals surface area contributed by atoms with Gasteiger partial charge in [-0.15, -0.1) is 10.2 Å². The Morgan fingerprint density at radius 1 is 1.42 bits per heavy atom. The van der Waals surface area contributed by atoms with Gasteiger partial charge in [-0.05, 0) is 12.1 Å². The molecule has 0 radical (unpaired) electrons. The predicted octanol–water partition coefficient (Wildman–Crippen LogP) is 1.49. The van der Waals surface area contributed by atoms with Crippen LogP contribution in [0.1, 0.15) is 10.4 Å². The second kappa shape index (κ2) is 4.63. The molecule has 0 spiro atoms. The molecule has 0 aliphatic carbocycles. The minimum absolute atomic E-state index is 0.110. The number of sulfone groups is 1. The van der Waals surface area contributed by atoms with Crippen LogP contribution in [0.5, 0.6) is 0 Å². The van der Waals surface area contributed by atoms with E-state index >= 15 is 0 Å². The summed E-state index contributed by atoms with van der Waals surface area (Å²) in [5, 5.41) is 15.7. The average molecular weight is 303 g/mol. The fourth-order valence-corrected chi connectivity index (χ4v) is 2.77. The lowest BCUT2D eigenvalue weighted by atomic mass is 10.1. The molecule has 0 aliphatic heterocycles. The number of aromatic nitrogens is 2. The second-order valence-corrected chi connectivity index (χ2v) is 5.98. The maximum atomic E-state index is 11.7. The van der Waals surface area contributed by atoms with Crippen LogP contribution >= 0.6 is 11.6 Å². The first-order valence-electron chi connectivity index (χ1n) is 4.84. The highest BCUT2D eigenvalue weighted by Crippen LogP contribution is 2.35. The molecule has 0 aliphatic rings. The number of rotatable bonds is 3. The van der Waals surface area contributed by atoms with Crippen LogP contribution in [-0.2, 0) is 9.84 Å². The van der Waals surface area contributed by atoms with Crippen molar-refractivity contribution >= 4 is 27.4 Å². The number of hydrogen-bond acceptors (Lipinski definition) is 6. The summed E-state index contributed by atoms with van der Waals surface area (Å²) in [5.41, 5.74) is -0.358. The standard InChI is InChI=1S/C10H7ClN2O5S/c1-19(16,17)6-3-2-5(10(14)15)8(11)7(6)9-13-12-4-18-9/h2-4H,1H3,(H,14,15). The number of carboxylic acid groups (broad SMARTS) is 1. The topological polar surface area (TPSA) is 110 Å². The number of carbonyl (C=O) groups is 1. The molecule has 0 saturated heterocycles. The van der Waals surface area contributed by atoms with Crippen LogP contribution in [-0.4, -0.2) is 35.9 Å². The summed E-state index contributed by atoms with van der Waals surface area (Å²) in [5.74, 6) is -1.45. The van der Waals surface area contributed by atoms with Gasteiger partial charge in [-0.3, -0.25) is 0 Å². The minimum atomic E-state index is -3.63. The molecule has 2 rings (SSSR count). The molecule has 19 heavy (non-hydrogen) atoms. The summed E-state index contributed by atoms with van der Waals surface area (Å²) >= 11 is 5.93. The van der Waals surface area contributed by atoms with Crippen LogP contribution in [0.3, 0.4) is 0 Å². The molecule has 0 bridgehead atoms. The Hall–Kier alpha value is -1.93. The normalized spacial score (nSPS) is 11.5. The largest absolute Gasteiger partial charge is 0.478 e. The van der Waals surface area contributed by atoms with E-state index in [1.54, 1.807) is 0 Å². The van der Waals surface area contributed by atoms with Gasteiger partial charge >= 0.3 is 5.97 Å². The van der Waals surface area contributed by atoms with Gasteiger partial charge in [0.2, 0.25) is 12.3 Å². The van der Waals surface area contributed by atoms with Crippen LogP contribution < -0.4 is 0 Å². The Labute approximate surface area is 112 Å². The molecule has 1 heterocycles. The van der Waals surface area contributed by atoms with Crippen molar-refractivity contribution in [2.24, 2.45) is 0 Å². The van der Waals surface area contributed by atoms with Gasteiger partial charge in [0.05, 0.1) is 21.0 Å². The van der Waals surface area contributed by atoms with E-state index in [4.69, 9.17) is 21.1 Å². The Balaban J connectivity index is 2.86. The van der Waals surface area contributed by atoms with E-state index < -0.39 is 15.8 Å². The highest BCUT2D eigenvalue weighted by Gasteiger charge is 2.25. The Kier molecular flexibility index (Phi) is 3.29. The van der Waals surface area contributed by atoms with Crippen LogP contribution in [0.25, 0.3) is 11.5 Å². The van der Waals surface area contributed by atoms with Gasteiger partial charge in [-0.25, -0.2) is 13.2 Å². The van der Waals surface area contributed by atoms with Crippen molar-refractivity contribution in [1.82, 2.24) is 10.2 Å². The molecule has 7 nitrogen and oxygen atoms in total. The number of aromatic carboxylic acids is 1. The van der Waals surface area contributed by atoms with Crippen LogP contribution in [0, 0.1) is 0 Å². The van der Waals surface area contributed by atoms with E-state index in [-0.39, 0.29) is 26.9 Å². The van der Waals surface area contributed by atoms with Crippen molar-refractivity contribution < 1.29 is 22.7 Å². The van der Waals surface area contributed by atoms with E-state index in [0.29, 0.717) is 0 Å². The Bertz CT molecular complexity index is 740. The summed E-state index contributed by atoms with van der Waals surface area (Å²) in [4.78, 5) is 10.8. The molecule has 0 unspecified atom stereocenters. The third kappa shape index (κ3) is 2.45. The molecule has 2 aromatic rings. The number of benzene rings is 1. The minimum Gasteiger partial charge on any atom is -0.478 e. The highest BCUT2D eigenvalue weighted by atomic mass is 35.5. The summed E-state index contributed by atoms with van der Waals surface area (Å²) in [6.45, 7) is 0. The van der Waals surface area contributed by atoms with E-state index in [1.807, 2.05) is 0 Å². The third-order valence-corrected chi connectivity index (χ3v) is 3.84. The first kappa shape index (κ1) is 13.5. The second-order valence-electron chi connectivity index (χ2n) is 3.62. The van der Waals surface area contributed by atoms with Crippen molar-refractivity contribution in [2.75, 3.05) is 6.26 Å². The van der Waals surface area contributed by atoms with Gasteiger partial charge in [0, 0.05) is 6.26 Å². The molecule has 1 aromatic carbocycles. The molecule has 0 atom stereocenters. The maximum absolute atomic E-state index is 11.7. The van der Waals surface area contributed by atoms with Crippen LogP contribution in [0.15, 0.2) is 27.8 Å².